The molecule has 1 aromatic heterocycles. The summed E-state index contributed by atoms with van der Waals surface area (Å²) in [6, 6.07) is 7.56. The topological polar surface area (TPSA) is 33.1 Å². The molecule has 0 aliphatic rings. The highest BCUT2D eigenvalue weighted by Gasteiger charge is 2.12. The normalized spacial score (nSPS) is 12.8. The number of aromatic nitrogens is 1. The van der Waals surface area contributed by atoms with Gasteiger partial charge in [-0.3, -0.25) is 0 Å². The van der Waals surface area contributed by atoms with Gasteiger partial charge in [0.05, 0.1) is 16.7 Å². The van der Waals surface area contributed by atoms with E-state index in [9.17, 15) is 5.11 Å². The molecule has 1 N–H and O–H groups in total. The lowest BCUT2D eigenvalue weighted by molar-refractivity contribution is 0.202. The van der Waals surface area contributed by atoms with E-state index in [-0.39, 0.29) is 0 Å². The summed E-state index contributed by atoms with van der Waals surface area (Å²) in [4.78, 5) is 5.37. The Kier molecular flexibility index (Phi) is 3.28. The Morgan fingerprint density at radius 1 is 1.31 bits per heavy atom. The molecule has 0 amide bonds. The maximum absolute atomic E-state index is 9.56. The van der Waals surface area contributed by atoms with Crippen LogP contribution in [0.3, 0.4) is 0 Å². The molecular weight excluding hydrogens is 242 g/mol. The Hall–Kier alpha value is -0.900. The second kappa shape index (κ2) is 4.53. The lowest BCUT2D eigenvalue weighted by Crippen LogP contribution is -1.88. The minimum atomic E-state index is -0.460. The lowest BCUT2D eigenvalue weighted by atomic mass is 10.2. The largest absolute Gasteiger partial charge is 0.388 e. The molecule has 0 fully saturated rings. The third kappa shape index (κ3) is 2.26. The van der Waals surface area contributed by atoms with Crippen molar-refractivity contribution >= 4 is 22.9 Å². The quantitative estimate of drug-likeness (QED) is 0.883. The number of hydrogen-bond donors (Lipinski definition) is 1. The maximum Gasteiger partial charge on any atom is 0.123 e. The summed E-state index contributed by atoms with van der Waals surface area (Å²) in [6.07, 6.45) is -0.460. The molecule has 1 aromatic carbocycles. The van der Waals surface area contributed by atoms with E-state index in [1.165, 1.54) is 11.3 Å². The minimum absolute atomic E-state index is 0.460. The Morgan fingerprint density at radius 3 is 2.44 bits per heavy atom. The fraction of sp³-hybridized carbons (Fsp3) is 0.250. The van der Waals surface area contributed by atoms with E-state index < -0.39 is 6.10 Å². The molecule has 0 saturated heterocycles. The summed E-state index contributed by atoms with van der Waals surface area (Å²) in [5.41, 5.74) is 1.93. The van der Waals surface area contributed by atoms with E-state index in [1.807, 2.05) is 31.2 Å². The number of nitrogens with zero attached hydrogens (tertiary/aromatic N) is 1. The zero-order valence-electron chi connectivity index (χ0n) is 9.07. The third-order valence-corrected chi connectivity index (χ3v) is 3.93. The number of rotatable bonds is 2. The Morgan fingerprint density at radius 2 is 1.94 bits per heavy atom. The van der Waals surface area contributed by atoms with Crippen LogP contribution in [0.5, 0.6) is 0 Å². The second-order valence-electron chi connectivity index (χ2n) is 3.65. The third-order valence-electron chi connectivity index (χ3n) is 2.30. The van der Waals surface area contributed by atoms with E-state index in [0.29, 0.717) is 5.02 Å². The van der Waals surface area contributed by atoms with Crippen molar-refractivity contribution in [1.82, 2.24) is 4.98 Å². The van der Waals surface area contributed by atoms with Gasteiger partial charge in [-0.25, -0.2) is 4.98 Å². The van der Waals surface area contributed by atoms with Crippen molar-refractivity contribution in [1.29, 1.82) is 0 Å². The predicted molar refractivity (Wildman–Crippen MR) is 67.9 cm³/mol. The van der Waals surface area contributed by atoms with Crippen LogP contribution in [-0.2, 0) is 0 Å². The summed E-state index contributed by atoms with van der Waals surface area (Å²) in [5.74, 6) is 0. The van der Waals surface area contributed by atoms with Gasteiger partial charge in [0.15, 0.2) is 0 Å². The monoisotopic (exact) mass is 253 g/mol. The van der Waals surface area contributed by atoms with E-state index in [0.717, 1.165) is 21.1 Å². The van der Waals surface area contributed by atoms with Crippen LogP contribution in [-0.4, -0.2) is 10.1 Å². The van der Waals surface area contributed by atoms with Crippen LogP contribution in [0.2, 0.25) is 5.02 Å². The molecule has 2 aromatic rings. The second-order valence-corrected chi connectivity index (χ2v) is 5.12. The molecule has 0 unspecified atom stereocenters. The molecule has 2 rings (SSSR count). The number of aliphatic hydroxyl groups is 1. The summed E-state index contributed by atoms with van der Waals surface area (Å²) in [7, 11) is 0. The van der Waals surface area contributed by atoms with Crippen molar-refractivity contribution in [2.24, 2.45) is 0 Å². The average molecular weight is 254 g/mol. The first-order valence-corrected chi connectivity index (χ1v) is 6.18. The fourth-order valence-electron chi connectivity index (χ4n) is 1.51. The molecule has 0 saturated carbocycles. The highest BCUT2D eigenvalue weighted by Crippen LogP contribution is 2.31. The van der Waals surface area contributed by atoms with Gasteiger partial charge in [0.2, 0.25) is 0 Å². The Labute approximate surface area is 104 Å². The van der Waals surface area contributed by atoms with Crippen LogP contribution in [0.25, 0.3) is 10.6 Å². The molecule has 84 valence electrons. The van der Waals surface area contributed by atoms with Crippen LogP contribution >= 0.6 is 22.9 Å². The summed E-state index contributed by atoms with van der Waals surface area (Å²) in [6.45, 7) is 3.67. The van der Waals surface area contributed by atoms with Crippen molar-refractivity contribution in [2.75, 3.05) is 0 Å². The van der Waals surface area contributed by atoms with Crippen LogP contribution in [0.1, 0.15) is 23.6 Å². The van der Waals surface area contributed by atoms with Crippen molar-refractivity contribution in [3.8, 4) is 10.6 Å². The van der Waals surface area contributed by atoms with Gasteiger partial charge in [-0.1, -0.05) is 23.7 Å². The van der Waals surface area contributed by atoms with Crippen LogP contribution < -0.4 is 0 Å². The summed E-state index contributed by atoms with van der Waals surface area (Å²) < 4.78 is 0. The minimum Gasteiger partial charge on any atom is -0.388 e. The number of halogens is 1. The van der Waals surface area contributed by atoms with Crippen LogP contribution in [0.15, 0.2) is 24.3 Å². The number of aliphatic hydroxyl groups excluding tert-OH is 1. The fourth-order valence-corrected chi connectivity index (χ4v) is 2.65. The number of thiazole rings is 1. The van der Waals surface area contributed by atoms with E-state index in [2.05, 4.69) is 4.98 Å². The Balaban J connectivity index is 2.41. The highest BCUT2D eigenvalue weighted by molar-refractivity contribution is 7.15. The molecule has 0 radical (unpaired) electrons. The number of benzene rings is 1. The molecule has 4 heteroatoms. The van der Waals surface area contributed by atoms with E-state index in [4.69, 9.17) is 11.6 Å². The first-order chi connectivity index (χ1) is 7.58. The van der Waals surface area contributed by atoms with Gasteiger partial charge in [0.25, 0.3) is 0 Å². The van der Waals surface area contributed by atoms with Gasteiger partial charge >= 0.3 is 0 Å². The SMILES string of the molecule is Cc1nc(-c2ccc(Cl)cc2)sc1[C@@H](C)O. The lowest BCUT2D eigenvalue weighted by Gasteiger charge is -1.98. The van der Waals surface area contributed by atoms with Gasteiger partial charge in [-0.2, -0.15) is 0 Å². The van der Waals surface area contributed by atoms with Crippen molar-refractivity contribution in [3.05, 3.63) is 39.9 Å². The zero-order valence-corrected chi connectivity index (χ0v) is 10.6. The molecule has 0 aliphatic heterocycles. The van der Waals surface area contributed by atoms with Gasteiger partial charge in [0, 0.05) is 10.6 Å². The predicted octanol–water partition coefficient (Wildman–Crippen LogP) is 3.83. The van der Waals surface area contributed by atoms with E-state index >= 15 is 0 Å². The average Bonchev–Trinajstić information content (AvgIpc) is 2.61. The highest BCUT2D eigenvalue weighted by atomic mass is 35.5. The Bertz CT molecular complexity index is 490. The van der Waals surface area contributed by atoms with Gasteiger partial charge in [-0.05, 0) is 26.0 Å². The van der Waals surface area contributed by atoms with E-state index in [1.54, 1.807) is 6.92 Å². The van der Waals surface area contributed by atoms with Gasteiger partial charge in [-0.15, -0.1) is 11.3 Å². The van der Waals surface area contributed by atoms with Gasteiger partial charge < -0.3 is 5.11 Å². The maximum atomic E-state index is 9.56. The van der Waals surface area contributed by atoms with Crippen molar-refractivity contribution < 1.29 is 5.11 Å². The first kappa shape index (κ1) is 11.6. The van der Waals surface area contributed by atoms with Gasteiger partial charge in [0.1, 0.15) is 5.01 Å². The number of aryl methyl sites for hydroxylation is 1. The molecule has 16 heavy (non-hydrogen) atoms. The molecule has 0 spiro atoms. The molecule has 0 bridgehead atoms. The van der Waals surface area contributed by atoms with Crippen LogP contribution in [0, 0.1) is 6.92 Å². The van der Waals surface area contributed by atoms with Crippen molar-refractivity contribution in [3.63, 3.8) is 0 Å². The molecule has 1 atom stereocenters. The summed E-state index contributed by atoms with van der Waals surface area (Å²) in [5, 5.41) is 11.2. The zero-order chi connectivity index (χ0) is 11.7. The molecule has 0 aliphatic carbocycles. The molecular formula is C12H12ClNOS. The molecule has 2 nitrogen and oxygen atoms in total. The first-order valence-electron chi connectivity index (χ1n) is 4.99. The summed E-state index contributed by atoms with van der Waals surface area (Å²) >= 11 is 7.35. The number of hydrogen-bond acceptors (Lipinski definition) is 3. The standard InChI is InChI=1S/C12H12ClNOS/c1-7-11(8(2)15)16-12(14-7)9-3-5-10(13)6-4-9/h3-6,8,15H,1-2H3/t8-/m1/s1. The van der Waals surface area contributed by atoms with Crippen molar-refractivity contribution in [2.45, 2.75) is 20.0 Å². The van der Waals surface area contributed by atoms with Crippen LogP contribution in [0.4, 0.5) is 0 Å². The molecule has 1 heterocycles. The smallest absolute Gasteiger partial charge is 0.123 e.